The number of nitrogens with one attached hydrogen (secondary N) is 1. The molecule has 0 bridgehead atoms. The van der Waals surface area contributed by atoms with E-state index in [9.17, 15) is 0 Å². The Balaban J connectivity index is 0.000000278. The van der Waals surface area contributed by atoms with Crippen LogP contribution in [-0.4, -0.2) is 23.1 Å². The molecule has 0 aliphatic heterocycles. The number of nitrogens with two attached hydrogens (primary N) is 2. The third kappa shape index (κ3) is 4.67. The Hall–Kier alpha value is -1.50. The van der Waals surface area contributed by atoms with Crippen molar-refractivity contribution >= 4 is 11.5 Å². The Morgan fingerprint density at radius 3 is 2.48 bits per heavy atom. The minimum absolute atomic E-state index is 0. The minimum Gasteiger partial charge on any atom is -0.409 e. The molecule has 0 atom stereocenters. The average Bonchev–Trinajstić information content (AvgIpc) is 2.62. The van der Waals surface area contributed by atoms with Gasteiger partial charge in [-0.3, -0.25) is 0 Å². The SMILES string of the molecule is CNc1[c-]ccc2c1CC(C)(C)c1c(N)ncnc1-2.NC1CCCCC1.[Os+]. The molecule has 5 nitrogen and oxygen atoms in total. The van der Waals surface area contributed by atoms with Gasteiger partial charge in [-0.15, -0.1) is 11.1 Å². The predicted octanol–water partition coefficient (Wildman–Crippen LogP) is 3.68. The molecule has 27 heavy (non-hydrogen) atoms. The van der Waals surface area contributed by atoms with Gasteiger partial charge in [-0.05, 0) is 18.3 Å². The van der Waals surface area contributed by atoms with Gasteiger partial charge < -0.3 is 16.8 Å². The van der Waals surface area contributed by atoms with Crippen LogP contribution in [0.5, 0.6) is 0 Å². The first-order valence-corrected chi connectivity index (χ1v) is 9.52. The van der Waals surface area contributed by atoms with E-state index in [1.807, 2.05) is 13.1 Å². The van der Waals surface area contributed by atoms with Crippen molar-refractivity contribution in [3.8, 4) is 11.3 Å². The molecule has 2 aliphatic carbocycles. The van der Waals surface area contributed by atoms with Crippen LogP contribution in [-0.2, 0) is 31.6 Å². The number of aromatic nitrogens is 2. The van der Waals surface area contributed by atoms with Gasteiger partial charge in [0.25, 0.3) is 0 Å². The number of nitrogen functional groups attached to an aromatic ring is 1. The molecule has 0 amide bonds. The zero-order chi connectivity index (χ0) is 18.7. The van der Waals surface area contributed by atoms with Crippen LogP contribution in [0.3, 0.4) is 0 Å². The summed E-state index contributed by atoms with van der Waals surface area (Å²) in [5, 5.41) is 3.21. The maximum atomic E-state index is 6.07. The number of hydrogen-bond donors (Lipinski definition) is 3. The molecule has 1 radical (unpaired) electrons. The fourth-order valence-corrected chi connectivity index (χ4v) is 4.09. The molecule has 1 fully saturated rings. The van der Waals surface area contributed by atoms with E-state index < -0.39 is 0 Å². The van der Waals surface area contributed by atoms with Crippen molar-refractivity contribution in [2.45, 2.75) is 63.8 Å². The van der Waals surface area contributed by atoms with Crippen LogP contribution in [0.4, 0.5) is 11.5 Å². The Morgan fingerprint density at radius 2 is 1.89 bits per heavy atom. The van der Waals surface area contributed by atoms with E-state index in [4.69, 9.17) is 11.5 Å². The molecule has 4 rings (SSSR count). The third-order valence-corrected chi connectivity index (χ3v) is 5.43. The summed E-state index contributed by atoms with van der Waals surface area (Å²) in [6.45, 7) is 4.36. The van der Waals surface area contributed by atoms with Gasteiger partial charge in [-0.1, -0.05) is 45.2 Å². The molecule has 2 aliphatic rings. The van der Waals surface area contributed by atoms with Gasteiger partial charge in [0.2, 0.25) is 0 Å². The summed E-state index contributed by atoms with van der Waals surface area (Å²) in [7, 11) is 1.92. The van der Waals surface area contributed by atoms with Gasteiger partial charge >= 0.3 is 19.8 Å². The van der Waals surface area contributed by atoms with Crippen LogP contribution < -0.4 is 16.8 Å². The van der Waals surface area contributed by atoms with Crippen LogP contribution in [0.15, 0.2) is 18.5 Å². The van der Waals surface area contributed by atoms with E-state index in [0.29, 0.717) is 11.9 Å². The van der Waals surface area contributed by atoms with Crippen molar-refractivity contribution in [3.63, 3.8) is 0 Å². The summed E-state index contributed by atoms with van der Waals surface area (Å²) in [6, 6.07) is 7.75. The van der Waals surface area contributed by atoms with Crippen molar-refractivity contribution < 1.29 is 19.8 Å². The number of hydrogen-bond acceptors (Lipinski definition) is 5. The van der Waals surface area contributed by atoms with E-state index in [-0.39, 0.29) is 25.2 Å². The molecule has 147 valence electrons. The zero-order valence-corrected chi connectivity index (χ0v) is 19.0. The quantitative estimate of drug-likeness (QED) is 0.479. The van der Waals surface area contributed by atoms with Gasteiger partial charge in [0.15, 0.2) is 0 Å². The monoisotopic (exact) mass is 544 g/mol. The van der Waals surface area contributed by atoms with Gasteiger partial charge in [0, 0.05) is 18.7 Å². The molecule has 0 unspecified atom stereocenters. The van der Waals surface area contributed by atoms with Gasteiger partial charge in [-0.2, -0.15) is 18.2 Å². The fourth-order valence-electron chi connectivity index (χ4n) is 4.09. The molecular formula is C21H30N5Os. The smallest absolute Gasteiger partial charge is 0.409 e. The summed E-state index contributed by atoms with van der Waals surface area (Å²) in [5.41, 5.74) is 17.0. The molecular weight excluding hydrogens is 512 g/mol. The maximum Gasteiger partial charge on any atom is 1.00 e. The molecule has 0 spiro atoms. The van der Waals surface area contributed by atoms with E-state index in [2.05, 4.69) is 41.3 Å². The average molecular weight is 543 g/mol. The third-order valence-electron chi connectivity index (χ3n) is 5.43. The van der Waals surface area contributed by atoms with E-state index in [0.717, 1.165) is 28.9 Å². The summed E-state index contributed by atoms with van der Waals surface area (Å²) in [6.07, 6.45) is 9.10. The second-order valence-electron chi connectivity index (χ2n) is 7.94. The normalized spacial score (nSPS) is 17.5. The Morgan fingerprint density at radius 1 is 1.19 bits per heavy atom. The number of nitrogens with zero attached hydrogens (tertiary/aromatic N) is 2. The first-order valence-electron chi connectivity index (χ1n) is 9.52. The number of anilines is 2. The minimum atomic E-state index is -0.0749. The van der Waals surface area contributed by atoms with Crippen LogP contribution in [0.2, 0.25) is 0 Å². The van der Waals surface area contributed by atoms with Gasteiger partial charge in [0.1, 0.15) is 12.1 Å². The van der Waals surface area contributed by atoms with Gasteiger partial charge in [0.05, 0.1) is 5.69 Å². The summed E-state index contributed by atoms with van der Waals surface area (Å²) in [4.78, 5) is 8.61. The van der Waals surface area contributed by atoms with E-state index in [1.165, 1.54) is 44.0 Å². The Kier molecular flexibility index (Phi) is 7.37. The zero-order valence-electron chi connectivity index (χ0n) is 16.5. The van der Waals surface area contributed by atoms with Crippen molar-refractivity contribution in [1.82, 2.24) is 9.97 Å². The first-order chi connectivity index (χ1) is 12.4. The number of fused-ring (bicyclic) bond motifs is 3. The van der Waals surface area contributed by atoms with Crippen molar-refractivity contribution in [2.24, 2.45) is 5.73 Å². The van der Waals surface area contributed by atoms with Gasteiger partial charge in [-0.25, -0.2) is 9.97 Å². The number of rotatable bonds is 1. The summed E-state index contributed by atoms with van der Waals surface area (Å²) >= 11 is 0. The molecule has 1 heterocycles. The maximum absolute atomic E-state index is 6.07. The predicted molar refractivity (Wildman–Crippen MR) is 108 cm³/mol. The molecule has 1 aromatic heterocycles. The van der Waals surface area contributed by atoms with Crippen LogP contribution in [0.1, 0.15) is 57.1 Å². The fraction of sp³-hybridized carbons (Fsp3) is 0.524. The Labute approximate surface area is 175 Å². The summed E-state index contributed by atoms with van der Waals surface area (Å²) < 4.78 is 0. The molecule has 6 heteroatoms. The second-order valence-corrected chi connectivity index (χ2v) is 7.94. The molecule has 1 aromatic carbocycles. The largest absolute Gasteiger partial charge is 1.00 e. The van der Waals surface area contributed by atoms with Crippen LogP contribution in [0.25, 0.3) is 11.3 Å². The van der Waals surface area contributed by atoms with Crippen molar-refractivity contribution in [1.29, 1.82) is 0 Å². The van der Waals surface area contributed by atoms with E-state index >= 15 is 0 Å². The van der Waals surface area contributed by atoms with Crippen LogP contribution in [0, 0.1) is 6.07 Å². The Bertz CT molecular complexity index is 769. The number of benzene rings is 1. The topological polar surface area (TPSA) is 89.8 Å². The van der Waals surface area contributed by atoms with Crippen LogP contribution >= 0.6 is 0 Å². The molecule has 2 aromatic rings. The standard InChI is InChI=1S/C15H17N4.C6H13N.Os/c1-15(2)7-10-9(5-4-6-11(10)17-3)13-12(15)14(16)19-8-18-13;7-6-4-2-1-3-5-6;/h4-5,8,17H,7H2,1-3H3,(H2,16,18,19);6H,1-5,7H2;/q-1;;+1. The molecule has 0 saturated heterocycles. The van der Waals surface area contributed by atoms with Crippen molar-refractivity contribution in [2.75, 3.05) is 18.1 Å². The summed E-state index contributed by atoms with van der Waals surface area (Å²) in [5.74, 6) is 0.583. The second kappa shape index (κ2) is 9.13. The molecule has 5 N–H and O–H groups in total. The molecule has 1 saturated carbocycles. The first kappa shape index (κ1) is 21.8. The van der Waals surface area contributed by atoms with E-state index in [1.54, 1.807) is 0 Å². The van der Waals surface area contributed by atoms with Crippen molar-refractivity contribution in [3.05, 3.63) is 35.7 Å².